The van der Waals surface area contributed by atoms with Crippen LogP contribution in [-0.2, 0) is 24.1 Å². The molecule has 0 spiro atoms. The minimum Gasteiger partial charge on any atom is -0.426 e. The summed E-state index contributed by atoms with van der Waals surface area (Å²) in [6, 6.07) is 8.01. The second-order valence-corrected chi connectivity index (χ2v) is 10.9. The lowest BCUT2D eigenvalue weighted by molar-refractivity contribution is -0.127. The Morgan fingerprint density at radius 2 is 1.70 bits per heavy atom. The maximum Gasteiger partial charge on any atom is 0.475 e. The van der Waals surface area contributed by atoms with Crippen molar-refractivity contribution in [2.24, 2.45) is 5.92 Å². The van der Waals surface area contributed by atoms with Gasteiger partial charge in [-0.15, -0.1) is 0 Å². The van der Waals surface area contributed by atoms with Crippen molar-refractivity contribution in [1.82, 2.24) is 20.6 Å². The summed E-state index contributed by atoms with van der Waals surface area (Å²) in [5.41, 5.74) is 1.70. The molecular formula is C28H41BN4O4. The van der Waals surface area contributed by atoms with Crippen LogP contribution in [0.15, 0.2) is 36.7 Å². The lowest BCUT2D eigenvalue weighted by atomic mass is 9.74. The van der Waals surface area contributed by atoms with Gasteiger partial charge in [0, 0.05) is 12.6 Å². The Balaban J connectivity index is 1.96. The molecule has 2 bridgehead atoms. The average molecular weight is 508 g/mol. The first-order valence-electron chi connectivity index (χ1n) is 13.6. The number of aromatic nitrogens is 2. The van der Waals surface area contributed by atoms with Gasteiger partial charge < -0.3 is 20.7 Å². The molecule has 0 unspecified atom stereocenters. The van der Waals surface area contributed by atoms with Crippen LogP contribution in [0.3, 0.4) is 0 Å². The van der Waals surface area contributed by atoms with E-state index in [1.165, 1.54) is 19.0 Å². The zero-order valence-corrected chi connectivity index (χ0v) is 22.4. The van der Waals surface area contributed by atoms with E-state index in [0.29, 0.717) is 6.42 Å². The lowest BCUT2D eigenvalue weighted by Crippen LogP contribution is -2.62. The fourth-order valence-corrected chi connectivity index (χ4v) is 4.91. The summed E-state index contributed by atoms with van der Waals surface area (Å²) in [5.74, 6) is -1.69. The van der Waals surface area contributed by atoms with Gasteiger partial charge in [0.05, 0.1) is 17.8 Å². The summed E-state index contributed by atoms with van der Waals surface area (Å²) in [6.07, 6.45) is 12.0. The third-order valence-electron chi connectivity index (χ3n) is 7.00. The zero-order chi connectivity index (χ0) is 26.8. The molecule has 0 fully saturated rings. The van der Waals surface area contributed by atoms with E-state index in [0.717, 1.165) is 55.3 Å². The second kappa shape index (κ2) is 13.7. The van der Waals surface area contributed by atoms with Gasteiger partial charge in [-0.3, -0.25) is 14.6 Å². The van der Waals surface area contributed by atoms with Gasteiger partial charge in [-0.1, -0.05) is 63.8 Å². The summed E-state index contributed by atoms with van der Waals surface area (Å²) < 4.78 is 0. The van der Waals surface area contributed by atoms with E-state index in [1.807, 2.05) is 32.0 Å². The van der Waals surface area contributed by atoms with Gasteiger partial charge in [0.2, 0.25) is 5.91 Å². The number of hydrogen-bond donors (Lipinski definition) is 4. The van der Waals surface area contributed by atoms with Gasteiger partial charge in [-0.25, -0.2) is 4.98 Å². The fourth-order valence-electron chi connectivity index (χ4n) is 4.91. The number of rotatable bonds is 5. The van der Waals surface area contributed by atoms with Crippen molar-refractivity contribution in [3.05, 3.63) is 59.2 Å². The number of carbonyl (C=O) groups excluding carboxylic acids is 2. The van der Waals surface area contributed by atoms with E-state index in [2.05, 4.69) is 26.7 Å². The molecule has 4 N–H and O–H groups in total. The topological polar surface area (TPSA) is 124 Å². The first-order valence-corrected chi connectivity index (χ1v) is 13.6. The van der Waals surface area contributed by atoms with Crippen LogP contribution in [0.25, 0.3) is 0 Å². The maximum atomic E-state index is 13.7. The second-order valence-electron chi connectivity index (χ2n) is 10.9. The monoisotopic (exact) mass is 508 g/mol. The van der Waals surface area contributed by atoms with Gasteiger partial charge in [0.25, 0.3) is 5.91 Å². The summed E-state index contributed by atoms with van der Waals surface area (Å²) in [4.78, 5) is 35.8. The van der Waals surface area contributed by atoms with E-state index in [1.54, 1.807) is 13.1 Å². The number of nitrogens with one attached hydrogen (secondary N) is 2. The Hall–Kier alpha value is -2.78. The Labute approximate surface area is 220 Å². The fraction of sp³-hybridized carbons (Fsp3) is 0.571. The molecule has 3 rings (SSSR count). The highest BCUT2D eigenvalue weighted by Crippen LogP contribution is 2.22. The average Bonchev–Trinajstić information content (AvgIpc) is 2.85. The van der Waals surface area contributed by atoms with Crippen molar-refractivity contribution in [1.29, 1.82) is 0 Å². The molecule has 2 aromatic rings. The van der Waals surface area contributed by atoms with Crippen LogP contribution in [0.5, 0.6) is 0 Å². The van der Waals surface area contributed by atoms with Crippen LogP contribution < -0.4 is 10.6 Å². The van der Waals surface area contributed by atoms with Gasteiger partial charge in [0.15, 0.2) is 0 Å². The molecule has 0 radical (unpaired) electrons. The Kier molecular flexibility index (Phi) is 10.6. The van der Waals surface area contributed by atoms with E-state index < -0.39 is 30.4 Å². The molecule has 0 aliphatic carbocycles. The Morgan fingerprint density at radius 3 is 2.38 bits per heavy atom. The van der Waals surface area contributed by atoms with Gasteiger partial charge >= 0.3 is 7.12 Å². The molecule has 0 saturated heterocycles. The van der Waals surface area contributed by atoms with E-state index in [-0.39, 0.29) is 18.0 Å². The number of nitrogens with zero attached hydrogens (tertiary/aromatic N) is 2. The summed E-state index contributed by atoms with van der Waals surface area (Å²) >= 11 is 0. The van der Waals surface area contributed by atoms with E-state index >= 15 is 0 Å². The van der Waals surface area contributed by atoms with Crippen LogP contribution in [0.1, 0.15) is 93.0 Å². The zero-order valence-electron chi connectivity index (χ0n) is 22.4. The highest BCUT2D eigenvalue weighted by Gasteiger charge is 2.39. The predicted molar refractivity (Wildman–Crippen MR) is 145 cm³/mol. The van der Waals surface area contributed by atoms with Crippen LogP contribution in [-0.4, -0.2) is 50.4 Å². The smallest absolute Gasteiger partial charge is 0.426 e. The third-order valence-corrected chi connectivity index (χ3v) is 7.00. The SMILES string of the molecule is CC(C)C[C@H](NC(=O)[C@@]1(C)Cc2ccccc2CCCCCCCCc2cncc(n2)C(=O)N1)B(O)O. The lowest BCUT2D eigenvalue weighted by Gasteiger charge is -2.32. The summed E-state index contributed by atoms with van der Waals surface area (Å²) in [7, 11) is -1.71. The largest absolute Gasteiger partial charge is 0.475 e. The molecule has 1 aromatic heterocycles. The molecule has 2 atom stereocenters. The molecule has 8 nitrogen and oxygen atoms in total. The predicted octanol–water partition coefficient (Wildman–Crippen LogP) is 3.19. The standard InChI is InChI=1S/C28H41BN4O4/c1-20(2)16-25(29(36)37)32-27(35)28(3)17-22-14-11-10-13-21(22)12-8-6-4-5-7-9-15-23-18-30-19-24(31-23)26(34)33-28/h10-11,13-14,18-20,25,36-37H,4-9,12,15-17H2,1-3H3,(H,32,35)(H,33,34)/t25-,28+/m0/s1. The van der Waals surface area contributed by atoms with Crippen molar-refractivity contribution in [2.75, 3.05) is 0 Å². The van der Waals surface area contributed by atoms with Crippen LogP contribution in [0, 0.1) is 5.92 Å². The summed E-state index contributed by atoms with van der Waals surface area (Å²) in [5, 5.41) is 25.5. The van der Waals surface area contributed by atoms with Crippen LogP contribution in [0.4, 0.5) is 0 Å². The Morgan fingerprint density at radius 1 is 1.05 bits per heavy atom. The number of benzene rings is 1. The number of fused-ring (bicyclic) bond motifs is 3. The number of carbonyl (C=O) groups is 2. The molecule has 2 heterocycles. The molecular weight excluding hydrogens is 467 g/mol. The number of aryl methyl sites for hydroxylation is 2. The van der Waals surface area contributed by atoms with Gasteiger partial charge in [0.1, 0.15) is 11.2 Å². The van der Waals surface area contributed by atoms with Gasteiger partial charge in [-0.05, 0) is 56.1 Å². The number of hydrogen-bond acceptors (Lipinski definition) is 6. The Bertz CT molecular complexity index is 1050. The van der Waals surface area contributed by atoms with Crippen molar-refractivity contribution >= 4 is 18.9 Å². The molecule has 1 aromatic carbocycles. The first kappa shape index (κ1) is 28.8. The van der Waals surface area contributed by atoms with E-state index in [4.69, 9.17) is 0 Å². The minimum absolute atomic E-state index is 0.134. The number of amides is 2. The van der Waals surface area contributed by atoms with Crippen molar-refractivity contribution in [3.8, 4) is 0 Å². The molecule has 1 aliphatic heterocycles. The first-order chi connectivity index (χ1) is 17.7. The molecule has 2 amide bonds. The van der Waals surface area contributed by atoms with Gasteiger partial charge in [-0.2, -0.15) is 0 Å². The highest BCUT2D eigenvalue weighted by atomic mass is 16.4. The normalized spacial score (nSPS) is 20.3. The highest BCUT2D eigenvalue weighted by molar-refractivity contribution is 6.43. The van der Waals surface area contributed by atoms with Crippen LogP contribution in [0.2, 0.25) is 0 Å². The molecule has 200 valence electrons. The van der Waals surface area contributed by atoms with Crippen molar-refractivity contribution in [3.63, 3.8) is 0 Å². The summed E-state index contributed by atoms with van der Waals surface area (Å²) in [6.45, 7) is 5.57. The molecule has 37 heavy (non-hydrogen) atoms. The van der Waals surface area contributed by atoms with Crippen LogP contribution >= 0.6 is 0 Å². The van der Waals surface area contributed by atoms with E-state index in [9.17, 15) is 19.6 Å². The molecule has 0 saturated carbocycles. The third kappa shape index (κ3) is 8.64. The quantitative estimate of drug-likeness (QED) is 0.460. The minimum atomic E-state index is -1.71. The molecule has 1 aliphatic rings. The van der Waals surface area contributed by atoms with Crippen molar-refractivity contribution < 1.29 is 19.6 Å². The maximum absolute atomic E-state index is 13.7. The molecule has 9 heteroatoms. The van der Waals surface area contributed by atoms with Crippen molar-refractivity contribution in [2.45, 2.75) is 96.5 Å².